The topological polar surface area (TPSA) is 94.6 Å². The zero-order chi connectivity index (χ0) is 17.5. The van der Waals surface area contributed by atoms with Gasteiger partial charge in [-0.25, -0.2) is 4.79 Å². The van der Waals surface area contributed by atoms with Crippen LogP contribution < -0.4 is 5.32 Å². The van der Waals surface area contributed by atoms with Gasteiger partial charge in [0, 0.05) is 12.6 Å². The van der Waals surface area contributed by atoms with Crippen molar-refractivity contribution in [2.45, 2.75) is 45.3 Å². The molecule has 0 aliphatic rings. The minimum atomic E-state index is -0.943. The first-order valence-corrected chi connectivity index (χ1v) is 7.24. The lowest BCUT2D eigenvalue weighted by molar-refractivity contribution is -0.155. The van der Waals surface area contributed by atoms with Crippen molar-refractivity contribution in [2.24, 2.45) is 0 Å². The molecule has 0 unspecified atom stereocenters. The van der Waals surface area contributed by atoms with Crippen LogP contribution >= 0.6 is 0 Å². The molecule has 1 atom stereocenters. The Hall–Kier alpha value is -2.44. The SMILES string of the molecule is COC(=O)[C@H](CCC(=O)OC(C)(C)C)NC(=O)c1ccccn1. The van der Waals surface area contributed by atoms with Gasteiger partial charge in [0.05, 0.1) is 7.11 Å². The molecule has 126 valence electrons. The van der Waals surface area contributed by atoms with Crippen molar-refractivity contribution < 1.29 is 23.9 Å². The van der Waals surface area contributed by atoms with Gasteiger partial charge in [0.1, 0.15) is 17.3 Å². The molecule has 0 radical (unpaired) electrons. The van der Waals surface area contributed by atoms with Gasteiger partial charge in [-0.2, -0.15) is 0 Å². The molecule has 1 rings (SSSR count). The van der Waals surface area contributed by atoms with Crippen LogP contribution in [-0.2, 0) is 19.1 Å². The largest absolute Gasteiger partial charge is 0.467 e. The molecule has 1 aromatic heterocycles. The van der Waals surface area contributed by atoms with Crippen molar-refractivity contribution >= 4 is 17.8 Å². The van der Waals surface area contributed by atoms with Gasteiger partial charge in [-0.15, -0.1) is 0 Å². The van der Waals surface area contributed by atoms with Gasteiger partial charge in [0.25, 0.3) is 5.91 Å². The molecule has 1 heterocycles. The minimum absolute atomic E-state index is 0.0144. The van der Waals surface area contributed by atoms with E-state index in [-0.39, 0.29) is 18.5 Å². The molecule has 7 heteroatoms. The Morgan fingerprint density at radius 1 is 1.26 bits per heavy atom. The van der Waals surface area contributed by atoms with Crippen LogP contribution in [0.15, 0.2) is 24.4 Å². The predicted octanol–water partition coefficient (Wildman–Crippen LogP) is 1.47. The molecule has 0 bridgehead atoms. The average Bonchev–Trinajstić information content (AvgIpc) is 2.49. The Morgan fingerprint density at radius 3 is 2.48 bits per heavy atom. The molecule has 7 nitrogen and oxygen atoms in total. The number of amides is 1. The second-order valence-electron chi connectivity index (χ2n) is 5.89. The summed E-state index contributed by atoms with van der Waals surface area (Å²) >= 11 is 0. The monoisotopic (exact) mass is 322 g/mol. The van der Waals surface area contributed by atoms with E-state index in [1.807, 2.05) is 0 Å². The number of hydrogen-bond donors (Lipinski definition) is 1. The summed E-state index contributed by atoms with van der Waals surface area (Å²) in [5, 5.41) is 2.52. The number of methoxy groups -OCH3 is 1. The highest BCUT2D eigenvalue weighted by atomic mass is 16.6. The lowest BCUT2D eigenvalue weighted by atomic mass is 10.1. The summed E-state index contributed by atoms with van der Waals surface area (Å²) in [5.74, 6) is -1.58. The molecule has 1 aromatic rings. The third kappa shape index (κ3) is 6.90. The number of rotatable bonds is 6. The van der Waals surface area contributed by atoms with Crippen LogP contribution in [-0.4, -0.2) is 41.6 Å². The number of ether oxygens (including phenoxy) is 2. The molecule has 0 fully saturated rings. The van der Waals surface area contributed by atoms with Crippen LogP contribution in [0.4, 0.5) is 0 Å². The van der Waals surface area contributed by atoms with Gasteiger partial charge in [-0.05, 0) is 39.3 Å². The first-order chi connectivity index (χ1) is 10.7. The van der Waals surface area contributed by atoms with E-state index < -0.39 is 29.5 Å². The fourth-order valence-electron chi connectivity index (χ4n) is 1.78. The fourth-order valence-corrected chi connectivity index (χ4v) is 1.78. The Morgan fingerprint density at radius 2 is 1.96 bits per heavy atom. The number of carbonyl (C=O) groups excluding carboxylic acids is 3. The Bertz CT molecular complexity index is 551. The van der Waals surface area contributed by atoms with Gasteiger partial charge in [-0.3, -0.25) is 14.6 Å². The second kappa shape index (κ2) is 8.26. The molecular formula is C16H22N2O5. The smallest absolute Gasteiger partial charge is 0.328 e. The minimum Gasteiger partial charge on any atom is -0.467 e. The van der Waals surface area contributed by atoms with Crippen LogP contribution in [0.25, 0.3) is 0 Å². The lowest BCUT2D eigenvalue weighted by Crippen LogP contribution is -2.42. The number of carbonyl (C=O) groups is 3. The van der Waals surface area contributed by atoms with E-state index in [9.17, 15) is 14.4 Å². The van der Waals surface area contributed by atoms with E-state index in [0.717, 1.165) is 0 Å². The van der Waals surface area contributed by atoms with Crippen molar-refractivity contribution in [3.63, 3.8) is 0 Å². The standard InChI is InChI=1S/C16H22N2O5/c1-16(2,3)23-13(19)9-8-12(15(21)22-4)18-14(20)11-7-5-6-10-17-11/h5-7,10,12H,8-9H2,1-4H3,(H,18,20)/t12-/m0/s1. The predicted molar refractivity (Wildman–Crippen MR) is 82.6 cm³/mol. The molecule has 1 N–H and O–H groups in total. The summed E-state index contributed by atoms with van der Waals surface area (Å²) in [7, 11) is 1.22. The van der Waals surface area contributed by atoms with Crippen molar-refractivity contribution in [3.05, 3.63) is 30.1 Å². The van der Waals surface area contributed by atoms with Crippen molar-refractivity contribution in [3.8, 4) is 0 Å². The van der Waals surface area contributed by atoms with Crippen molar-refractivity contribution in [1.29, 1.82) is 0 Å². The maximum atomic E-state index is 12.1. The number of esters is 2. The van der Waals surface area contributed by atoms with Gasteiger partial charge in [0.2, 0.25) is 0 Å². The first-order valence-electron chi connectivity index (χ1n) is 7.24. The normalized spacial score (nSPS) is 12.2. The highest BCUT2D eigenvalue weighted by Crippen LogP contribution is 2.11. The molecule has 0 aromatic carbocycles. The van der Waals surface area contributed by atoms with Crippen molar-refractivity contribution in [1.82, 2.24) is 10.3 Å². The number of hydrogen-bond acceptors (Lipinski definition) is 6. The Kier molecular flexibility index (Phi) is 6.68. The van der Waals surface area contributed by atoms with E-state index in [4.69, 9.17) is 4.74 Å². The summed E-state index contributed by atoms with van der Waals surface area (Å²) in [4.78, 5) is 39.5. The van der Waals surface area contributed by atoms with E-state index >= 15 is 0 Å². The quantitative estimate of drug-likeness (QED) is 0.797. The molecule has 0 aliphatic heterocycles. The number of aromatic nitrogens is 1. The molecule has 1 amide bonds. The highest BCUT2D eigenvalue weighted by Gasteiger charge is 2.25. The average molecular weight is 322 g/mol. The van der Waals surface area contributed by atoms with Crippen LogP contribution in [0, 0.1) is 0 Å². The summed E-state index contributed by atoms with van der Waals surface area (Å²) in [6, 6.07) is 3.92. The van der Waals surface area contributed by atoms with Crippen LogP contribution in [0.2, 0.25) is 0 Å². The number of pyridine rings is 1. The molecule has 0 saturated carbocycles. The summed E-state index contributed by atoms with van der Waals surface area (Å²) < 4.78 is 9.83. The Labute approximate surface area is 135 Å². The Balaban J connectivity index is 2.65. The summed E-state index contributed by atoms with van der Waals surface area (Å²) in [6.45, 7) is 5.27. The highest BCUT2D eigenvalue weighted by molar-refractivity contribution is 5.95. The number of nitrogens with one attached hydrogen (secondary N) is 1. The van der Waals surface area contributed by atoms with Gasteiger partial charge < -0.3 is 14.8 Å². The maximum Gasteiger partial charge on any atom is 0.328 e. The molecule has 0 aliphatic carbocycles. The molecule has 23 heavy (non-hydrogen) atoms. The van der Waals surface area contributed by atoms with Crippen LogP contribution in [0.1, 0.15) is 44.1 Å². The maximum absolute atomic E-state index is 12.1. The third-order valence-electron chi connectivity index (χ3n) is 2.75. The third-order valence-corrected chi connectivity index (χ3v) is 2.75. The van der Waals surface area contributed by atoms with Crippen LogP contribution in [0.5, 0.6) is 0 Å². The zero-order valence-corrected chi connectivity index (χ0v) is 13.8. The van der Waals surface area contributed by atoms with Gasteiger partial charge >= 0.3 is 11.9 Å². The second-order valence-corrected chi connectivity index (χ2v) is 5.89. The summed E-state index contributed by atoms with van der Waals surface area (Å²) in [6.07, 6.45) is 1.54. The van der Waals surface area contributed by atoms with Crippen LogP contribution in [0.3, 0.4) is 0 Å². The summed E-state index contributed by atoms with van der Waals surface area (Å²) in [5.41, 5.74) is -0.423. The van der Waals surface area contributed by atoms with E-state index in [0.29, 0.717) is 0 Å². The zero-order valence-electron chi connectivity index (χ0n) is 13.8. The van der Waals surface area contributed by atoms with E-state index in [2.05, 4.69) is 15.0 Å². The van der Waals surface area contributed by atoms with Gasteiger partial charge in [0.15, 0.2) is 0 Å². The number of nitrogens with zero attached hydrogens (tertiary/aromatic N) is 1. The van der Waals surface area contributed by atoms with Gasteiger partial charge in [-0.1, -0.05) is 6.07 Å². The molecule has 0 spiro atoms. The first kappa shape index (κ1) is 18.6. The van der Waals surface area contributed by atoms with Crippen molar-refractivity contribution in [2.75, 3.05) is 7.11 Å². The molecule has 0 saturated heterocycles. The van der Waals surface area contributed by atoms with E-state index in [1.54, 1.807) is 32.9 Å². The lowest BCUT2D eigenvalue weighted by Gasteiger charge is -2.21. The van der Waals surface area contributed by atoms with E-state index in [1.165, 1.54) is 19.4 Å². The fraction of sp³-hybridized carbons (Fsp3) is 0.500. The molecular weight excluding hydrogens is 300 g/mol.